The molecule has 6 heteroatoms. The summed E-state index contributed by atoms with van der Waals surface area (Å²) >= 11 is 0. The van der Waals surface area contributed by atoms with E-state index < -0.39 is 11.9 Å². The second kappa shape index (κ2) is 4.92. The van der Waals surface area contributed by atoms with Gasteiger partial charge in [-0.25, -0.2) is 9.59 Å². The Bertz CT molecular complexity index is 910. The topological polar surface area (TPSA) is 99.8 Å². The van der Waals surface area contributed by atoms with E-state index in [1.54, 1.807) is 18.3 Å². The van der Waals surface area contributed by atoms with Crippen LogP contribution >= 0.6 is 0 Å². The predicted molar refractivity (Wildman–Crippen MR) is 78.9 cm³/mol. The molecule has 0 atom stereocenters. The predicted octanol–water partition coefficient (Wildman–Crippen LogP) is 2.73. The quantitative estimate of drug-likeness (QED) is 0.690. The summed E-state index contributed by atoms with van der Waals surface area (Å²) in [5.74, 6) is -2.19. The molecule has 0 amide bonds. The molecule has 0 fully saturated rings. The third-order valence-electron chi connectivity index (χ3n) is 3.41. The number of hydrogen-bond acceptors (Lipinski definition) is 3. The summed E-state index contributed by atoms with van der Waals surface area (Å²) in [4.78, 5) is 22.0. The first-order valence-corrected chi connectivity index (χ1v) is 6.38. The SMILES string of the molecule is O=C(O)c1cccc(-n2cc3cc(C(=O)O)ccc3c2O)c1. The van der Waals surface area contributed by atoms with Crippen molar-refractivity contribution >= 4 is 22.7 Å². The summed E-state index contributed by atoms with van der Waals surface area (Å²) in [5.41, 5.74) is 0.690. The minimum absolute atomic E-state index is 0.0746. The van der Waals surface area contributed by atoms with Crippen molar-refractivity contribution in [1.82, 2.24) is 4.57 Å². The molecule has 6 nitrogen and oxygen atoms in total. The molecule has 22 heavy (non-hydrogen) atoms. The van der Waals surface area contributed by atoms with Gasteiger partial charge in [0.2, 0.25) is 5.88 Å². The zero-order chi connectivity index (χ0) is 15.9. The molecule has 0 aliphatic heterocycles. The first kappa shape index (κ1) is 13.7. The number of hydrogen-bond donors (Lipinski definition) is 3. The summed E-state index contributed by atoms with van der Waals surface area (Å²) in [6.07, 6.45) is 1.57. The van der Waals surface area contributed by atoms with E-state index in [-0.39, 0.29) is 17.0 Å². The average molecular weight is 297 g/mol. The van der Waals surface area contributed by atoms with Crippen LogP contribution in [0.2, 0.25) is 0 Å². The van der Waals surface area contributed by atoms with E-state index in [2.05, 4.69) is 0 Å². The van der Waals surface area contributed by atoms with E-state index in [0.29, 0.717) is 16.5 Å². The minimum atomic E-state index is -1.06. The molecule has 1 aromatic heterocycles. The third-order valence-corrected chi connectivity index (χ3v) is 3.41. The lowest BCUT2D eigenvalue weighted by molar-refractivity contribution is 0.0686. The maximum Gasteiger partial charge on any atom is 0.335 e. The number of rotatable bonds is 3. The van der Waals surface area contributed by atoms with Crippen molar-refractivity contribution in [2.24, 2.45) is 0 Å². The number of aromatic carboxylic acids is 2. The number of benzene rings is 2. The van der Waals surface area contributed by atoms with Crippen LogP contribution in [0.5, 0.6) is 5.88 Å². The van der Waals surface area contributed by atoms with Crippen LogP contribution in [-0.4, -0.2) is 31.8 Å². The molecule has 3 aromatic rings. The zero-order valence-corrected chi connectivity index (χ0v) is 11.2. The average Bonchev–Trinajstić information content (AvgIpc) is 2.84. The lowest BCUT2D eigenvalue weighted by Gasteiger charge is -2.05. The number of aromatic hydroxyl groups is 1. The molecule has 1 heterocycles. The van der Waals surface area contributed by atoms with Crippen LogP contribution in [0.3, 0.4) is 0 Å². The molecule has 2 aromatic carbocycles. The van der Waals surface area contributed by atoms with E-state index in [1.807, 2.05) is 0 Å². The molecule has 110 valence electrons. The van der Waals surface area contributed by atoms with Gasteiger partial charge >= 0.3 is 11.9 Å². The second-order valence-corrected chi connectivity index (χ2v) is 4.79. The number of fused-ring (bicyclic) bond motifs is 1. The summed E-state index contributed by atoms with van der Waals surface area (Å²) in [5, 5.41) is 29.3. The van der Waals surface area contributed by atoms with Crippen LogP contribution in [0, 0.1) is 0 Å². The first-order valence-electron chi connectivity index (χ1n) is 6.38. The van der Waals surface area contributed by atoms with Crippen molar-refractivity contribution in [3.63, 3.8) is 0 Å². The Balaban J connectivity index is 2.19. The van der Waals surface area contributed by atoms with Crippen LogP contribution in [0.25, 0.3) is 16.5 Å². The van der Waals surface area contributed by atoms with E-state index in [4.69, 9.17) is 10.2 Å². The van der Waals surface area contributed by atoms with E-state index in [0.717, 1.165) is 0 Å². The van der Waals surface area contributed by atoms with Crippen molar-refractivity contribution in [2.45, 2.75) is 0 Å². The maximum atomic E-state index is 11.0. The van der Waals surface area contributed by atoms with Gasteiger partial charge in [0.1, 0.15) is 0 Å². The Hall–Kier alpha value is -3.28. The Morgan fingerprint density at radius 1 is 0.909 bits per heavy atom. The number of carboxylic acid groups (broad SMARTS) is 2. The summed E-state index contributed by atoms with van der Waals surface area (Å²) < 4.78 is 1.42. The smallest absolute Gasteiger partial charge is 0.335 e. The van der Waals surface area contributed by atoms with Crippen molar-refractivity contribution in [1.29, 1.82) is 0 Å². The van der Waals surface area contributed by atoms with Gasteiger partial charge in [-0.05, 0) is 36.4 Å². The highest BCUT2D eigenvalue weighted by atomic mass is 16.4. The number of carbonyl (C=O) groups is 2. The van der Waals surface area contributed by atoms with Crippen molar-refractivity contribution in [3.05, 3.63) is 59.8 Å². The molecule has 0 radical (unpaired) electrons. The molecule has 0 unspecified atom stereocenters. The molecule has 3 rings (SSSR count). The zero-order valence-electron chi connectivity index (χ0n) is 11.2. The fourth-order valence-corrected chi connectivity index (χ4v) is 2.32. The van der Waals surface area contributed by atoms with E-state index in [9.17, 15) is 14.7 Å². The Morgan fingerprint density at radius 3 is 2.27 bits per heavy atom. The minimum Gasteiger partial charge on any atom is -0.494 e. The Kier molecular flexibility index (Phi) is 3.06. The third kappa shape index (κ3) is 2.16. The normalized spacial score (nSPS) is 10.7. The fourth-order valence-electron chi connectivity index (χ4n) is 2.32. The molecule has 0 aliphatic rings. The lowest BCUT2D eigenvalue weighted by Crippen LogP contribution is -1.98. The molecule has 3 N–H and O–H groups in total. The largest absolute Gasteiger partial charge is 0.494 e. The van der Waals surface area contributed by atoms with Gasteiger partial charge in [-0.3, -0.25) is 4.57 Å². The van der Waals surface area contributed by atoms with Crippen LogP contribution < -0.4 is 0 Å². The summed E-state index contributed by atoms with van der Waals surface area (Å²) in [6, 6.07) is 10.5. The van der Waals surface area contributed by atoms with Crippen LogP contribution in [0.1, 0.15) is 20.7 Å². The molecular formula is C16H11NO5. The van der Waals surface area contributed by atoms with Crippen molar-refractivity contribution < 1.29 is 24.9 Å². The van der Waals surface area contributed by atoms with Gasteiger partial charge in [0.25, 0.3) is 0 Å². The molecule has 0 spiro atoms. The van der Waals surface area contributed by atoms with Gasteiger partial charge in [0.05, 0.1) is 11.1 Å². The molecule has 0 saturated carbocycles. The number of carboxylic acids is 2. The second-order valence-electron chi connectivity index (χ2n) is 4.79. The molecule has 0 aliphatic carbocycles. The highest BCUT2D eigenvalue weighted by molar-refractivity contribution is 5.97. The molecule has 0 bridgehead atoms. The molecule has 0 saturated heterocycles. The van der Waals surface area contributed by atoms with Gasteiger partial charge < -0.3 is 15.3 Å². The number of nitrogens with zero attached hydrogens (tertiary/aromatic N) is 1. The van der Waals surface area contributed by atoms with Gasteiger partial charge in [0.15, 0.2) is 0 Å². The van der Waals surface area contributed by atoms with E-state index in [1.165, 1.54) is 34.9 Å². The number of aromatic nitrogens is 1. The Morgan fingerprint density at radius 2 is 1.59 bits per heavy atom. The standard InChI is InChI=1S/C16H11NO5/c18-14-13-5-4-10(16(21)22)6-11(13)8-17(14)12-3-1-2-9(7-12)15(19)20/h1-8,18H,(H,19,20)(H,21,22). The summed E-state index contributed by atoms with van der Waals surface area (Å²) in [6.45, 7) is 0. The van der Waals surface area contributed by atoms with Crippen molar-refractivity contribution in [3.8, 4) is 11.6 Å². The Labute approximate surface area is 124 Å². The van der Waals surface area contributed by atoms with Crippen LogP contribution in [0.15, 0.2) is 48.7 Å². The van der Waals surface area contributed by atoms with Gasteiger partial charge in [-0.2, -0.15) is 0 Å². The highest BCUT2D eigenvalue weighted by Crippen LogP contribution is 2.31. The molecular weight excluding hydrogens is 286 g/mol. The first-order chi connectivity index (χ1) is 10.5. The van der Waals surface area contributed by atoms with Crippen LogP contribution in [-0.2, 0) is 0 Å². The fraction of sp³-hybridized carbons (Fsp3) is 0. The van der Waals surface area contributed by atoms with E-state index >= 15 is 0 Å². The van der Waals surface area contributed by atoms with Gasteiger partial charge in [-0.1, -0.05) is 6.07 Å². The maximum absolute atomic E-state index is 11.0. The van der Waals surface area contributed by atoms with Gasteiger partial charge in [-0.15, -0.1) is 0 Å². The lowest BCUT2D eigenvalue weighted by atomic mass is 10.1. The summed E-state index contributed by atoms with van der Waals surface area (Å²) in [7, 11) is 0. The van der Waals surface area contributed by atoms with Crippen LogP contribution in [0.4, 0.5) is 0 Å². The monoisotopic (exact) mass is 297 g/mol. The highest BCUT2D eigenvalue weighted by Gasteiger charge is 2.13. The van der Waals surface area contributed by atoms with Gasteiger partial charge in [0, 0.05) is 22.7 Å². The van der Waals surface area contributed by atoms with Crippen molar-refractivity contribution in [2.75, 3.05) is 0 Å².